The van der Waals surface area contributed by atoms with Gasteiger partial charge in [-0.15, -0.1) is 0 Å². The second-order valence-corrected chi connectivity index (χ2v) is 6.04. The molecule has 1 heterocycles. The molecular weight excluding hydrogens is 356 g/mol. The summed E-state index contributed by atoms with van der Waals surface area (Å²) >= 11 is 9.37. The zero-order valence-electron chi connectivity index (χ0n) is 11.8. The summed E-state index contributed by atoms with van der Waals surface area (Å²) in [5.41, 5.74) is 2.50. The van der Waals surface area contributed by atoms with Gasteiger partial charge in [0, 0.05) is 18.0 Å². The molecule has 21 heavy (non-hydrogen) atoms. The van der Waals surface area contributed by atoms with Crippen molar-refractivity contribution in [2.45, 2.75) is 32.7 Å². The second kappa shape index (κ2) is 6.62. The molecule has 2 rings (SSSR count). The zero-order valence-corrected chi connectivity index (χ0v) is 14.1. The highest BCUT2D eigenvalue weighted by molar-refractivity contribution is 9.10. The van der Waals surface area contributed by atoms with Gasteiger partial charge in [-0.25, -0.2) is 0 Å². The van der Waals surface area contributed by atoms with Crippen LogP contribution >= 0.6 is 27.5 Å². The number of halogens is 2. The number of rotatable bonds is 5. The first-order valence-electron chi connectivity index (χ1n) is 6.64. The van der Waals surface area contributed by atoms with E-state index in [0.29, 0.717) is 18.0 Å². The number of carboxylic acids is 1. The normalized spacial score (nSPS) is 12.4. The Labute approximate surface area is 136 Å². The van der Waals surface area contributed by atoms with E-state index in [2.05, 4.69) is 21.0 Å². The average molecular weight is 372 g/mol. The number of hydrogen-bond acceptors (Lipinski definition) is 2. The van der Waals surface area contributed by atoms with Crippen molar-refractivity contribution in [1.29, 1.82) is 0 Å². The number of benzene rings is 1. The van der Waals surface area contributed by atoms with Gasteiger partial charge in [0.1, 0.15) is 0 Å². The predicted molar refractivity (Wildman–Crippen MR) is 85.9 cm³/mol. The van der Waals surface area contributed by atoms with Crippen LogP contribution in [0.25, 0.3) is 0 Å². The fourth-order valence-corrected chi connectivity index (χ4v) is 2.87. The molecular formula is C15H16BrClN2O2. The first-order valence-corrected chi connectivity index (χ1v) is 7.81. The molecule has 0 fully saturated rings. The third kappa shape index (κ3) is 3.47. The van der Waals surface area contributed by atoms with E-state index < -0.39 is 11.9 Å². The van der Waals surface area contributed by atoms with Crippen molar-refractivity contribution in [3.8, 4) is 0 Å². The van der Waals surface area contributed by atoms with Crippen LogP contribution in [-0.2, 0) is 17.8 Å². The number of aliphatic carboxylic acids is 1. The quantitative estimate of drug-likeness (QED) is 0.863. The maximum absolute atomic E-state index is 11.6. The van der Waals surface area contributed by atoms with Gasteiger partial charge in [0.15, 0.2) is 0 Å². The lowest BCUT2D eigenvalue weighted by Crippen LogP contribution is -2.17. The van der Waals surface area contributed by atoms with E-state index in [0.717, 1.165) is 21.4 Å². The van der Waals surface area contributed by atoms with Crippen molar-refractivity contribution in [1.82, 2.24) is 9.78 Å². The summed E-state index contributed by atoms with van der Waals surface area (Å²) in [5.74, 6) is -1.48. The lowest BCUT2D eigenvalue weighted by atomic mass is 9.94. The standard InChI is InChI=1S/C15H16BrClN2O2/c1-3-19-13(14(16)9(2)18-19)8-12(15(20)21)10-4-6-11(17)7-5-10/h4-7,12H,3,8H2,1-2H3,(H,20,21). The zero-order chi connectivity index (χ0) is 15.6. The molecule has 0 aliphatic rings. The van der Waals surface area contributed by atoms with Gasteiger partial charge in [0.2, 0.25) is 0 Å². The van der Waals surface area contributed by atoms with Crippen LogP contribution < -0.4 is 0 Å². The molecule has 1 unspecified atom stereocenters. The Kier molecular flexibility index (Phi) is 5.06. The van der Waals surface area contributed by atoms with Crippen molar-refractivity contribution in [2.75, 3.05) is 0 Å². The minimum absolute atomic E-state index is 0.381. The highest BCUT2D eigenvalue weighted by Gasteiger charge is 2.24. The second-order valence-electron chi connectivity index (χ2n) is 4.81. The van der Waals surface area contributed by atoms with Crippen LogP contribution in [0.15, 0.2) is 28.7 Å². The average Bonchev–Trinajstić information content (AvgIpc) is 2.72. The number of hydrogen-bond donors (Lipinski definition) is 1. The van der Waals surface area contributed by atoms with E-state index in [9.17, 15) is 9.90 Å². The lowest BCUT2D eigenvalue weighted by molar-refractivity contribution is -0.138. The Bertz CT molecular complexity index is 652. The van der Waals surface area contributed by atoms with Crippen LogP contribution in [0, 0.1) is 6.92 Å². The van der Waals surface area contributed by atoms with Gasteiger partial charge in [-0.05, 0) is 47.5 Å². The number of carbonyl (C=O) groups is 1. The summed E-state index contributed by atoms with van der Waals surface area (Å²) in [4.78, 5) is 11.6. The molecule has 0 amide bonds. The summed E-state index contributed by atoms with van der Waals surface area (Å²) in [6.07, 6.45) is 0.381. The largest absolute Gasteiger partial charge is 0.481 e. The van der Waals surface area contributed by atoms with E-state index in [4.69, 9.17) is 11.6 Å². The predicted octanol–water partition coefficient (Wildman–Crippen LogP) is 4.04. The van der Waals surface area contributed by atoms with E-state index in [-0.39, 0.29) is 0 Å². The molecule has 0 saturated heterocycles. The molecule has 2 aromatic rings. The number of carboxylic acid groups (broad SMARTS) is 1. The number of nitrogens with zero attached hydrogens (tertiary/aromatic N) is 2. The molecule has 0 spiro atoms. The Morgan fingerprint density at radius 1 is 1.43 bits per heavy atom. The van der Waals surface area contributed by atoms with Crippen LogP contribution in [0.5, 0.6) is 0 Å². The van der Waals surface area contributed by atoms with Crippen LogP contribution in [0.1, 0.15) is 29.8 Å². The molecule has 0 radical (unpaired) electrons. The van der Waals surface area contributed by atoms with Gasteiger partial charge in [0.25, 0.3) is 0 Å². The molecule has 1 atom stereocenters. The van der Waals surface area contributed by atoms with Gasteiger partial charge in [-0.2, -0.15) is 5.10 Å². The lowest BCUT2D eigenvalue weighted by Gasteiger charge is -2.14. The van der Waals surface area contributed by atoms with Gasteiger partial charge in [-0.3, -0.25) is 9.48 Å². The third-order valence-corrected chi connectivity index (χ3v) is 4.70. The Morgan fingerprint density at radius 3 is 2.57 bits per heavy atom. The molecule has 4 nitrogen and oxygen atoms in total. The van der Waals surface area contributed by atoms with Crippen LogP contribution in [0.2, 0.25) is 5.02 Å². The number of aryl methyl sites for hydroxylation is 2. The van der Waals surface area contributed by atoms with Crippen molar-refractivity contribution in [3.05, 3.63) is 50.7 Å². The first kappa shape index (κ1) is 16.0. The Hall–Kier alpha value is -1.33. The Balaban J connectivity index is 2.37. The highest BCUT2D eigenvalue weighted by atomic mass is 79.9. The van der Waals surface area contributed by atoms with E-state index >= 15 is 0 Å². The summed E-state index contributed by atoms with van der Waals surface area (Å²) in [6, 6.07) is 6.94. The molecule has 0 saturated carbocycles. The molecule has 0 bridgehead atoms. The molecule has 1 aromatic heterocycles. The van der Waals surface area contributed by atoms with Gasteiger partial charge >= 0.3 is 5.97 Å². The fourth-order valence-electron chi connectivity index (χ4n) is 2.30. The summed E-state index contributed by atoms with van der Waals surface area (Å²) in [7, 11) is 0. The monoisotopic (exact) mass is 370 g/mol. The Morgan fingerprint density at radius 2 is 2.05 bits per heavy atom. The van der Waals surface area contributed by atoms with Crippen molar-refractivity contribution in [2.24, 2.45) is 0 Å². The molecule has 6 heteroatoms. The van der Waals surface area contributed by atoms with Crippen LogP contribution in [0.3, 0.4) is 0 Å². The minimum Gasteiger partial charge on any atom is -0.481 e. The maximum atomic E-state index is 11.6. The minimum atomic E-state index is -0.856. The fraction of sp³-hybridized carbons (Fsp3) is 0.333. The molecule has 0 aliphatic carbocycles. The topological polar surface area (TPSA) is 55.1 Å². The molecule has 1 N–H and O–H groups in total. The van der Waals surface area contributed by atoms with Gasteiger partial charge in [0.05, 0.1) is 21.8 Å². The third-order valence-electron chi connectivity index (χ3n) is 3.42. The van der Waals surface area contributed by atoms with Crippen molar-refractivity contribution in [3.63, 3.8) is 0 Å². The van der Waals surface area contributed by atoms with E-state index in [1.54, 1.807) is 24.3 Å². The van der Waals surface area contributed by atoms with Gasteiger partial charge < -0.3 is 5.11 Å². The van der Waals surface area contributed by atoms with Gasteiger partial charge in [-0.1, -0.05) is 23.7 Å². The smallest absolute Gasteiger partial charge is 0.311 e. The molecule has 112 valence electrons. The summed E-state index contributed by atoms with van der Waals surface area (Å²) in [5, 5.41) is 14.5. The summed E-state index contributed by atoms with van der Waals surface area (Å²) in [6.45, 7) is 4.59. The van der Waals surface area contributed by atoms with Crippen LogP contribution in [0.4, 0.5) is 0 Å². The van der Waals surface area contributed by atoms with E-state index in [1.807, 2.05) is 18.5 Å². The highest BCUT2D eigenvalue weighted by Crippen LogP contribution is 2.28. The van der Waals surface area contributed by atoms with E-state index in [1.165, 1.54) is 0 Å². The molecule has 0 aliphatic heterocycles. The summed E-state index contributed by atoms with van der Waals surface area (Å²) < 4.78 is 2.72. The first-order chi connectivity index (χ1) is 9.93. The van der Waals surface area contributed by atoms with Crippen molar-refractivity contribution >= 4 is 33.5 Å². The number of aromatic nitrogens is 2. The van der Waals surface area contributed by atoms with Crippen LogP contribution in [-0.4, -0.2) is 20.9 Å². The molecule has 1 aromatic carbocycles. The SMILES string of the molecule is CCn1nc(C)c(Br)c1CC(C(=O)O)c1ccc(Cl)cc1. The van der Waals surface area contributed by atoms with Crippen molar-refractivity contribution < 1.29 is 9.90 Å². The maximum Gasteiger partial charge on any atom is 0.311 e.